The maximum Gasteiger partial charge on any atom is 0.416 e. The van der Waals surface area contributed by atoms with E-state index in [4.69, 9.17) is 0 Å². The molecule has 4 nitrogen and oxygen atoms in total. The van der Waals surface area contributed by atoms with Crippen LogP contribution >= 0.6 is 0 Å². The van der Waals surface area contributed by atoms with Gasteiger partial charge in [-0.25, -0.2) is 0 Å². The van der Waals surface area contributed by atoms with E-state index in [1.54, 1.807) is 30.3 Å². The number of hydrogen-bond donors (Lipinski definition) is 2. The van der Waals surface area contributed by atoms with Crippen molar-refractivity contribution in [1.82, 2.24) is 10.6 Å². The molecule has 0 unspecified atom stereocenters. The number of alkyl halides is 3. The van der Waals surface area contributed by atoms with Crippen LogP contribution in [0.2, 0.25) is 0 Å². The highest BCUT2D eigenvalue weighted by Gasteiger charge is 2.30. The fraction of sp³-hybridized carbons (Fsp3) is 0.263. The minimum Gasteiger partial charge on any atom is -0.354 e. The van der Waals surface area contributed by atoms with Crippen molar-refractivity contribution < 1.29 is 22.8 Å². The van der Waals surface area contributed by atoms with Crippen molar-refractivity contribution >= 4 is 11.8 Å². The summed E-state index contributed by atoms with van der Waals surface area (Å²) in [6.45, 7) is 0.189. The van der Waals surface area contributed by atoms with E-state index in [1.165, 1.54) is 6.07 Å². The van der Waals surface area contributed by atoms with Crippen molar-refractivity contribution in [3.05, 3.63) is 70.8 Å². The first-order valence-corrected chi connectivity index (χ1v) is 8.17. The molecule has 0 saturated heterocycles. The minimum atomic E-state index is -4.39. The lowest BCUT2D eigenvalue weighted by Gasteiger charge is -2.24. The molecule has 136 valence electrons. The molecule has 7 heteroatoms. The largest absolute Gasteiger partial charge is 0.416 e. The molecule has 0 aliphatic carbocycles. The fourth-order valence-electron chi connectivity index (χ4n) is 2.94. The molecular formula is C19H17F3N2O2. The molecule has 3 rings (SSSR count). The molecule has 0 aromatic heterocycles. The third kappa shape index (κ3) is 4.04. The summed E-state index contributed by atoms with van der Waals surface area (Å²) in [7, 11) is 0. The zero-order valence-corrected chi connectivity index (χ0v) is 13.8. The molecule has 0 bridgehead atoms. The standard InChI is InChI=1S/C19H17F3N2O2/c20-19(21,22)14-6-3-4-12(10-14)8-9-23-18(26)16-11-13-5-1-2-7-15(13)17(25)24-16/h1-7,10,16H,8-9,11H2,(H,23,26)(H,24,25)/t16-/m1/s1. The van der Waals surface area contributed by atoms with E-state index in [0.717, 1.165) is 17.7 Å². The van der Waals surface area contributed by atoms with Crippen LogP contribution in [-0.4, -0.2) is 24.4 Å². The second-order valence-electron chi connectivity index (χ2n) is 6.13. The minimum absolute atomic E-state index is 0.189. The van der Waals surface area contributed by atoms with Crippen LogP contribution < -0.4 is 10.6 Å². The highest BCUT2D eigenvalue weighted by atomic mass is 19.4. The Balaban J connectivity index is 1.56. The third-order valence-corrected chi connectivity index (χ3v) is 4.28. The molecule has 2 N–H and O–H groups in total. The third-order valence-electron chi connectivity index (χ3n) is 4.28. The smallest absolute Gasteiger partial charge is 0.354 e. The van der Waals surface area contributed by atoms with Crippen LogP contribution in [-0.2, 0) is 23.8 Å². The number of carbonyl (C=O) groups is 2. The number of carbonyl (C=O) groups excluding carboxylic acids is 2. The van der Waals surface area contributed by atoms with Gasteiger partial charge >= 0.3 is 6.18 Å². The van der Waals surface area contributed by atoms with Crippen molar-refractivity contribution in [2.75, 3.05) is 6.54 Å². The monoisotopic (exact) mass is 362 g/mol. The summed E-state index contributed by atoms with van der Waals surface area (Å²) in [5, 5.41) is 5.33. The highest BCUT2D eigenvalue weighted by molar-refractivity contribution is 6.00. The lowest BCUT2D eigenvalue weighted by molar-refractivity contribution is -0.137. The van der Waals surface area contributed by atoms with E-state index in [2.05, 4.69) is 10.6 Å². The summed E-state index contributed by atoms with van der Waals surface area (Å²) in [4.78, 5) is 24.3. The molecule has 0 fully saturated rings. The van der Waals surface area contributed by atoms with Gasteiger partial charge < -0.3 is 10.6 Å². The number of fused-ring (bicyclic) bond motifs is 1. The van der Waals surface area contributed by atoms with Crippen LogP contribution in [0.1, 0.15) is 27.0 Å². The predicted molar refractivity (Wildman–Crippen MR) is 89.6 cm³/mol. The van der Waals surface area contributed by atoms with Gasteiger partial charge in [0.2, 0.25) is 5.91 Å². The number of nitrogens with one attached hydrogen (secondary N) is 2. The predicted octanol–water partition coefficient (Wildman–Crippen LogP) is 2.72. The van der Waals surface area contributed by atoms with Crippen LogP contribution in [0.25, 0.3) is 0 Å². The van der Waals surface area contributed by atoms with Gasteiger partial charge in [0.05, 0.1) is 5.56 Å². The number of amides is 2. The molecule has 2 amide bonds. The normalized spacial score (nSPS) is 16.6. The van der Waals surface area contributed by atoms with Gasteiger partial charge in [-0.1, -0.05) is 36.4 Å². The van der Waals surface area contributed by atoms with Gasteiger partial charge in [0, 0.05) is 18.5 Å². The van der Waals surface area contributed by atoms with E-state index in [-0.39, 0.29) is 24.8 Å². The Hall–Kier alpha value is -2.83. The lowest BCUT2D eigenvalue weighted by atomic mass is 9.95. The molecule has 2 aromatic rings. The van der Waals surface area contributed by atoms with Crippen LogP contribution in [0.3, 0.4) is 0 Å². The fourth-order valence-corrected chi connectivity index (χ4v) is 2.94. The Labute approximate surface area is 148 Å². The zero-order chi connectivity index (χ0) is 18.7. The molecule has 0 spiro atoms. The van der Waals surface area contributed by atoms with Crippen molar-refractivity contribution in [2.45, 2.75) is 25.1 Å². The molecule has 1 atom stereocenters. The van der Waals surface area contributed by atoms with Gasteiger partial charge in [-0.3, -0.25) is 9.59 Å². The average Bonchev–Trinajstić information content (AvgIpc) is 2.61. The first kappa shape index (κ1) is 18.0. The summed E-state index contributed by atoms with van der Waals surface area (Å²) >= 11 is 0. The maximum atomic E-state index is 12.7. The summed E-state index contributed by atoms with van der Waals surface area (Å²) in [6, 6.07) is 11.4. The van der Waals surface area contributed by atoms with E-state index < -0.39 is 17.8 Å². The van der Waals surface area contributed by atoms with Crippen LogP contribution in [0, 0.1) is 0 Å². The Morgan fingerprint density at radius 2 is 1.92 bits per heavy atom. The number of benzene rings is 2. The van der Waals surface area contributed by atoms with Gasteiger partial charge in [0.15, 0.2) is 0 Å². The lowest BCUT2D eigenvalue weighted by Crippen LogP contribution is -2.51. The van der Waals surface area contributed by atoms with Gasteiger partial charge in [-0.05, 0) is 29.7 Å². The maximum absolute atomic E-state index is 12.7. The summed E-state index contributed by atoms with van der Waals surface area (Å²) in [5.74, 6) is -0.648. The first-order valence-electron chi connectivity index (χ1n) is 8.17. The summed E-state index contributed by atoms with van der Waals surface area (Å²) in [6.07, 6.45) is -3.73. The number of rotatable bonds is 4. The molecule has 1 aliphatic rings. The Kier molecular flexibility index (Phi) is 4.97. The van der Waals surface area contributed by atoms with E-state index >= 15 is 0 Å². The zero-order valence-electron chi connectivity index (χ0n) is 13.8. The van der Waals surface area contributed by atoms with Gasteiger partial charge in [0.1, 0.15) is 6.04 Å². The number of hydrogen-bond acceptors (Lipinski definition) is 2. The second kappa shape index (κ2) is 7.19. The topological polar surface area (TPSA) is 58.2 Å². The van der Waals surface area contributed by atoms with E-state index in [1.807, 2.05) is 0 Å². The van der Waals surface area contributed by atoms with Crippen LogP contribution in [0.4, 0.5) is 13.2 Å². The van der Waals surface area contributed by atoms with Gasteiger partial charge in [-0.15, -0.1) is 0 Å². The first-order chi connectivity index (χ1) is 12.3. The van der Waals surface area contributed by atoms with Crippen molar-refractivity contribution in [2.24, 2.45) is 0 Å². The van der Waals surface area contributed by atoms with Gasteiger partial charge in [0.25, 0.3) is 5.91 Å². The van der Waals surface area contributed by atoms with Gasteiger partial charge in [-0.2, -0.15) is 13.2 Å². The van der Waals surface area contributed by atoms with Crippen molar-refractivity contribution in [3.8, 4) is 0 Å². The molecule has 1 aliphatic heterocycles. The summed E-state index contributed by atoms with van der Waals surface area (Å²) < 4.78 is 38.1. The Bertz CT molecular complexity index is 834. The summed E-state index contributed by atoms with van der Waals surface area (Å²) in [5.41, 5.74) is 1.13. The quantitative estimate of drug-likeness (QED) is 0.879. The van der Waals surface area contributed by atoms with Crippen LogP contribution in [0.5, 0.6) is 0 Å². The average molecular weight is 362 g/mol. The molecule has 0 radical (unpaired) electrons. The van der Waals surface area contributed by atoms with Crippen molar-refractivity contribution in [3.63, 3.8) is 0 Å². The SMILES string of the molecule is O=C1N[C@@H](C(=O)NCCc2cccc(C(F)(F)F)c2)Cc2ccccc21. The Morgan fingerprint density at radius 1 is 1.15 bits per heavy atom. The molecule has 26 heavy (non-hydrogen) atoms. The van der Waals surface area contributed by atoms with E-state index in [9.17, 15) is 22.8 Å². The molecule has 0 saturated carbocycles. The van der Waals surface area contributed by atoms with Crippen molar-refractivity contribution in [1.29, 1.82) is 0 Å². The molecule has 1 heterocycles. The highest BCUT2D eigenvalue weighted by Crippen LogP contribution is 2.29. The second-order valence-corrected chi connectivity index (χ2v) is 6.13. The molecule has 2 aromatic carbocycles. The van der Waals surface area contributed by atoms with Crippen LogP contribution in [0.15, 0.2) is 48.5 Å². The van der Waals surface area contributed by atoms with E-state index in [0.29, 0.717) is 17.5 Å². The molecular weight excluding hydrogens is 345 g/mol. The Morgan fingerprint density at radius 3 is 2.69 bits per heavy atom. The number of halogens is 3.